The molecule has 29 heavy (non-hydrogen) atoms. The number of aliphatic hydroxyl groups excluding tert-OH is 1. The maximum absolute atomic E-state index is 12.8. The molecule has 0 radical (unpaired) electrons. The van der Waals surface area contributed by atoms with E-state index in [1.54, 1.807) is 6.07 Å². The molecule has 1 saturated heterocycles. The number of aliphatic hydroxyl groups is 1. The maximum atomic E-state index is 12.8. The molecule has 2 amide bonds. The molecule has 0 aliphatic carbocycles. The van der Waals surface area contributed by atoms with Gasteiger partial charge in [-0.05, 0) is 50.6 Å². The van der Waals surface area contributed by atoms with E-state index in [9.17, 15) is 14.7 Å². The molecule has 2 heterocycles. The molecular formula is C21H31N3O5. The summed E-state index contributed by atoms with van der Waals surface area (Å²) in [4.78, 5) is 25.8. The number of aryl methyl sites for hydroxylation is 1. The minimum atomic E-state index is -0.521. The number of fused-ring (bicyclic) bond motifs is 1. The third-order valence-electron chi connectivity index (χ3n) is 5.46. The summed E-state index contributed by atoms with van der Waals surface area (Å²) >= 11 is 0. The summed E-state index contributed by atoms with van der Waals surface area (Å²) in [5.74, 6) is 0.581. The van der Waals surface area contributed by atoms with Gasteiger partial charge in [-0.25, -0.2) is 0 Å². The SMILES string of the molecule is Cc1cc2c(c(C(=O)NC[C@@H]3CCN(CCCC(N)=O)C[C@H]3O)c1)OCCCO2. The van der Waals surface area contributed by atoms with Gasteiger partial charge in [-0.15, -0.1) is 0 Å². The number of nitrogens with zero attached hydrogens (tertiary/aromatic N) is 1. The summed E-state index contributed by atoms with van der Waals surface area (Å²) in [6, 6.07) is 3.69. The van der Waals surface area contributed by atoms with Gasteiger partial charge in [0.05, 0.1) is 24.9 Å². The van der Waals surface area contributed by atoms with E-state index >= 15 is 0 Å². The monoisotopic (exact) mass is 405 g/mol. The predicted molar refractivity (Wildman–Crippen MR) is 108 cm³/mol. The number of hydrogen-bond donors (Lipinski definition) is 3. The van der Waals surface area contributed by atoms with E-state index in [0.29, 0.717) is 56.2 Å². The van der Waals surface area contributed by atoms with Gasteiger partial charge >= 0.3 is 0 Å². The zero-order chi connectivity index (χ0) is 20.8. The van der Waals surface area contributed by atoms with Crippen molar-refractivity contribution in [2.24, 2.45) is 11.7 Å². The van der Waals surface area contributed by atoms with Gasteiger partial charge in [0.25, 0.3) is 5.91 Å². The minimum Gasteiger partial charge on any atom is -0.490 e. The summed E-state index contributed by atoms with van der Waals surface area (Å²) < 4.78 is 11.5. The molecule has 2 aliphatic heterocycles. The highest BCUT2D eigenvalue weighted by Crippen LogP contribution is 2.34. The highest BCUT2D eigenvalue weighted by atomic mass is 16.5. The summed E-state index contributed by atoms with van der Waals surface area (Å²) in [5, 5.41) is 13.4. The predicted octanol–water partition coefficient (Wildman–Crippen LogP) is 0.834. The van der Waals surface area contributed by atoms with E-state index in [1.165, 1.54) is 0 Å². The van der Waals surface area contributed by atoms with Crippen LogP contribution in [-0.4, -0.2) is 67.3 Å². The van der Waals surface area contributed by atoms with Crippen molar-refractivity contribution in [3.05, 3.63) is 23.3 Å². The molecule has 0 spiro atoms. The van der Waals surface area contributed by atoms with Crippen LogP contribution in [0.1, 0.15) is 41.6 Å². The quantitative estimate of drug-likeness (QED) is 0.619. The Kier molecular flexibility index (Phi) is 7.33. The zero-order valence-electron chi connectivity index (χ0n) is 17.0. The number of hydrogen-bond acceptors (Lipinski definition) is 6. The Balaban J connectivity index is 1.54. The van der Waals surface area contributed by atoms with Gasteiger partial charge in [0.2, 0.25) is 5.91 Å². The second kappa shape index (κ2) is 9.93. The van der Waals surface area contributed by atoms with Gasteiger partial charge in [0.15, 0.2) is 11.5 Å². The van der Waals surface area contributed by atoms with Gasteiger partial charge in [-0.2, -0.15) is 0 Å². The summed E-state index contributed by atoms with van der Waals surface area (Å²) in [7, 11) is 0. The molecule has 0 bridgehead atoms. The second-order valence-electron chi connectivity index (χ2n) is 7.89. The number of benzene rings is 1. The molecule has 0 unspecified atom stereocenters. The largest absolute Gasteiger partial charge is 0.490 e. The third-order valence-corrected chi connectivity index (χ3v) is 5.46. The first kappa shape index (κ1) is 21.4. The molecule has 1 aromatic carbocycles. The second-order valence-corrected chi connectivity index (χ2v) is 7.89. The van der Waals surface area contributed by atoms with E-state index < -0.39 is 6.10 Å². The standard InChI is InChI=1S/C21H31N3O5/c1-14-10-16(20-18(11-14)28-8-3-9-29-20)21(27)23-12-15-5-7-24(13-17(15)25)6-2-4-19(22)26/h10-11,15,17,25H,2-9,12-13H2,1H3,(H2,22,26)(H,23,27)/t15-,17+/m0/s1. The molecule has 2 aliphatic rings. The maximum Gasteiger partial charge on any atom is 0.255 e. The van der Waals surface area contributed by atoms with Crippen LogP contribution in [0.3, 0.4) is 0 Å². The summed E-state index contributed by atoms with van der Waals surface area (Å²) in [6.07, 6.45) is 2.09. The molecule has 1 aromatic rings. The Labute approximate surface area is 171 Å². The summed E-state index contributed by atoms with van der Waals surface area (Å²) in [5.41, 5.74) is 6.58. The van der Waals surface area contributed by atoms with Crippen LogP contribution in [0.4, 0.5) is 0 Å². The Morgan fingerprint density at radius 1 is 1.31 bits per heavy atom. The van der Waals surface area contributed by atoms with Crippen molar-refractivity contribution >= 4 is 11.8 Å². The molecule has 0 aromatic heterocycles. The number of nitrogens with one attached hydrogen (secondary N) is 1. The van der Waals surface area contributed by atoms with Gasteiger partial charge in [-0.3, -0.25) is 9.59 Å². The minimum absolute atomic E-state index is 0.00748. The number of nitrogens with two attached hydrogens (primary N) is 1. The van der Waals surface area contributed by atoms with E-state index in [-0.39, 0.29) is 17.7 Å². The van der Waals surface area contributed by atoms with Crippen molar-refractivity contribution in [3.8, 4) is 11.5 Å². The molecule has 0 saturated carbocycles. The van der Waals surface area contributed by atoms with Crippen LogP contribution in [0, 0.1) is 12.8 Å². The normalized spacial score (nSPS) is 22.0. The molecule has 8 nitrogen and oxygen atoms in total. The number of primary amides is 1. The Morgan fingerprint density at radius 3 is 2.86 bits per heavy atom. The van der Waals surface area contributed by atoms with E-state index in [1.807, 2.05) is 13.0 Å². The number of likely N-dealkylation sites (tertiary alicyclic amines) is 1. The van der Waals surface area contributed by atoms with E-state index in [4.69, 9.17) is 15.2 Å². The first-order valence-electron chi connectivity index (χ1n) is 10.3. The van der Waals surface area contributed by atoms with Gasteiger partial charge in [-0.1, -0.05) is 0 Å². The van der Waals surface area contributed by atoms with Crippen LogP contribution in [0.2, 0.25) is 0 Å². The Morgan fingerprint density at radius 2 is 2.10 bits per heavy atom. The van der Waals surface area contributed by atoms with Crippen molar-refractivity contribution in [1.82, 2.24) is 10.2 Å². The molecule has 160 valence electrons. The third kappa shape index (κ3) is 5.83. The van der Waals surface area contributed by atoms with Gasteiger partial charge in [0, 0.05) is 31.8 Å². The number of rotatable bonds is 7. The molecule has 2 atom stereocenters. The zero-order valence-corrected chi connectivity index (χ0v) is 17.0. The molecular weight excluding hydrogens is 374 g/mol. The lowest BCUT2D eigenvalue weighted by atomic mass is 9.93. The fourth-order valence-electron chi connectivity index (χ4n) is 3.86. The fraction of sp³-hybridized carbons (Fsp3) is 0.619. The van der Waals surface area contributed by atoms with E-state index in [0.717, 1.165) is 31.5 Å². The highest BCUT2D eigenvalue weighted by molar-refractivity contribution is 5.98. The number of piperidine rings is 1. The number of ether oxygens (including phenoxy) is 2. The molecule has 3 rings (SSSR count). The van der Waals surface area contributed by atoms with Crippen molar-refractivity contribution in [3.63, 3.8) is 0 Å². The van der Waals surface area contributed by atoms with Crippen LogP contribution >= 0.6 is 0 Å². The van der Waals surface area contributed by atoms with Crippen LogP contribution in [0.25, 0.3) is 0 Å². The molecule has 4 N–H and O–H groups in total. The smallest absolute Gasteiger partial charge is 0.255 e. The number of amides is 2. The Hall–Kier alpha value is -2.32. The average molecular weight is 405 g/mol. The summed E-state index contributed by atoms with van der Waals surface area (Å²) in [6.45, 7) is 5.52. The van der Waals surface area contributed by atoms with Crippen molar-refractivity contribution in [1.29, 1.82) is 0 Å². The first-order chi connectivity index (χ1) is 13.9. The highest BCUT2D eigenvalue weighted by Gasteiger charge is 2.28. The van der Waals surface area contributed by atoms with Gasteiger partial charge < -0.3 is 30.5 Å². The average Bonchev–Trinajstić information content (AvgIpc) is 2.91. The number of carbonyl (C=O) groups excluding carboxylic acids is 2. The Bertz CT molecular complexity index is 739. The lowest BCUT2D eigenvalue weighted by molar-refractivity contribution is -0.118. The first-order valence-corrected chi connectivity index (χ1v) is 10.3. The van der Waals surface area contributed by atoms with Crippen LogP contribution in [-0.2, 0) is 4.79 Å². The molecule has 8 heteroatoms. The number of carbonyl (C=O) groups is 2. The van der Waals surface area contributed by atoms with Crippen molar-refractivity contribution < 1.29 is 24.2 Å². The van der Waals surface area contributed by atoms with Gasteiger partial charge in [0.1, 0.15) is 0 Å². The lowest BCUT2D eigenvalue weighted by Gasteiger charge is -2.36. The van der Waals surface area contributed by atoms with Crippen LogP contribution in [0.15, 0.2) is 12.1 Å². The lowest BCUT2D eigenvalue weighted by Crippen LogP contribution is -2.47. The van der Waals surface area contributed by atoms with Crippen LogP contribution < -0.4 is 20.5 Å². The van der Waals surface area contributed by atoms with E-state index in [2.05, 4.69) is 10.2 Å². The van der Waals surface area contributed by atoms with Crippen molar-refractivity contribution in [2.75, 3.05) is 39.4 Å². The fourth-order valence-corrected chi connectivity index (χ4v) is 3.86. The topological polar surface area (TPSA) is 114 Å². The molecule has 1 fully saturated rings. The van der Waals surface area contributed by atoms with Crippen molar-refractivity contribution in [2.45, 2.75) is 38.7 Å². The number of β-amino-alcohol motifs (C(OH)–C–C–N with tert-alkyl or cyclic N) is 1. The van der Waals surface area contributed by atoms with Crippen LogP contribution in [0.5, 0.6) is 11.5 Å².